The van der Waals surface area contributed by atoms with E-state index in [1.165, 1.54) is 0 Å². The lowest BCUT2D eigenvalue weighted by Gasteiger charge is -2.28. The number of rotatable bonds is 4. The van der Waals surface area contributed by atoms with Crippen molar-refractivity contribution in [2.75, 3.05) is 13.2 Å². The van der Waals surface area contributed by atoms with Crippen LogP contribution in [0.2, 0.25) is 0 Å². The molecule has 0 saturated carbocycles. The van der Waals surface area contributed by atoms with Crippen molar-refractivity contribution in [2.45, 2.75) is 45.2 Å². The number of aromatic nitrogens is 2. The lowest BCUT2D eigenvalue weighted by atomic mass is 9.92. The lowest BCUT2D eigenvalue weighted by Crippen LogP contribution is -2.39. The molecule has 96 valence electrons. The predicted octanol–water partition coefficient (Wildman–Crippen LogP) is 1.76. The molecular weight excluding hydrogens is 214 g/mol. The first kappa shape index (κ1) is 12.6. The number of nitrogens with zero attached hydrogens (tertiary/aromatic N) is 2. The molecule has 0 aromatic carbocycles. The van der Waals surface area contributed by atoms with Crippen LogP contribution in [-0.4, -0.2) is 29.0 Å². The fourth-order valence-corrected chi connectivity index (χ4v) is 2.21. The fourth-order valence-electron chi connectivity index (χ4n) is 2.21. The van der Waals surface area contributed by atoms with Crippen LogP contribution in [0.3, 0.4) is 0 Å². The largest absolute Gasteiger partial charge is 0.381 e. The van der Waals surface area contributed by atoms with Crippen molar-refractivity contribution in [1.29, 1.82) is 0 Å². The van der Waals surface area contributed by atoms with Crippen LogP contribution in [0.15, 0.2) is 12.3 Å². The molecule has 1 aliphatic rings. The minimum absolute atomic E-state index is 0.262. The molecule has 0 spiro atoms. The maximum absolute atomic E-state index is 6.11. The topological polar surface area (TPSA) is 53.1 Å². The van der Waals surface area contributed by atoms with Crippen molar-refractivity contribution in [1.82, 2.24) is 9.78 Å². The van der Waals surface area contributed by atoms with E-state index < -0.39 is 0 Å². The summed E-state index contributed by atoms with van der Waals surface area (Å²) in [5.74, 6) is 0.420. The second kappa shape index (κ2) is 5.65. The molecule has 1 aliphatic heterocycles. The van der Waals surface area contributed by atoms with Gasteiger partial charge in [-0.3, -0.25) is 4.68 Å². The summed E-state index contributed by atoms with van der Waals surface area (Å²) in [5.41, 5.74) is 7.24. The Bertz CT molecular complexity index is 350. The summed E-state index contributed by atoms with van der Waals surface area (Å²) in [6.45, 7) is 5.94. The van der Waals surface area contributed by atoms with E-state index in [0.717, 1.165) is 38.2 Å². The number of hydrogen-bond donors (Lipinski definition) is 1. The maximum Gasteiger partial charge on any atom is 0.0628 e. The van der Waals surface area contributed by atoms with E-state index >= 15 is 0 Å². The molecule has 2 rings (SSSR count). The SMILES string of the molecule is CCC(C)n1ccc(CC2COCCC2N)n1. The first-order chi connectivity index (χ1) is 8.20. The minimum atomic E-state index is 0.262. The standard InChI is InChI=1S/C13H23N3O/c1-3-10(2)16-6-4-12(15-16)8-11-9-17-7-5-13(11)14/h4,6,10-11,13H,3,5,7-9,14H2,1-2H3. The van der Waals surface area contributed by atoms with Crippen LogP contribution in [-0.2, 0) is 11.2 Å². The molecule has 1 fully saturated rings. The van der Waals surface area contributed by atoms with E-state index in [9.17, 15) is 0 Å². The zero-order valence-corrected chi connectivity index (χ0v) is 10.8. The van der Waals surface area contributed by atoms with E-state index in [2.05, 4.69) is 31.2 Å². The van der Waals surface area contributed by atoms with Crippen molar-refractivity contribution in [3.63, 3.8) is 0 Å². The molecule has 3 unspecified atom stereocenters. The van der Waals surface area contributed by atoms with E-state index in [0.29, 0.717) is 12.0 Å². The van der Waals surface area contributed by atoms with Crippen molar-refractivity contribution in [3.05, 3.63) is 18.0 Å². The van der Waals surface area contributed by atoms with Crippen LogP contribution < -0.4 is 5.73 Å². The lowest BCUT2D eigenvalue weighted by molar-refractivity contribution is 0.0418. The minimum Gasteiger partial charge on any atom is -0.381 e. The summed E-state index contributed by atoms with van der Waals surface area (Å²) in [7, 11) is 0. The molecule has 17 heavy (non-hydrogen) atoms. The first-order valence-electron chi connectivity index (χ1n) is 6.58. The van der Waals surface area contributed by atoms with Gasteiger partial charge in [0.2, 0.25) is 0 Å². The Morgan fingerprint density at radius 3 is 3.18 bits per heavy atom. The Kier molecular flexibility index (Phi) is 4.18. The zero-order valence-electron chi connectivity index (χ0n) is 10.8. The van der Waals surface area contributed by atoms with E-state index in [1.807, 2.05) is 4.68 Å². The van der Waals surface area contributed by atoms with Crippen LogP contribution in [0.25, 0.3) is 0 Å². The molecule has 0 radical (unpaired) electrons. The van der Waals surface area contributed by atoms with Crippen molar-refractivity contribution < 1.29 is 4.74 Å². The third-order valence-corrected chi connectivity index (χ3v) is 3.71. The van der Waals surface area contributed by atoms with Gasteiger partial charge in [0, 0.05) is 30.8 Å². The Labute approximate surface area is 103 Å². The van der Waals surface area contributed by atoms with Gasteiger partial charge in [-0.1, -0.05) is 6.92 Å². The molecule has 0 bridgehead atoms. The number of ether oxygens (including phenoxy) is 1. The van der Waals surface area contributed by atoms with Crippen LogP contribution in [0.5, 0.6) is 0 Å². The highest BCUT2D eigenvalue weighted by Crippen LogP contribution is 2.18. The Balaban J connectivity index is 1.96. The van der Waals surface area contributed by atoms with Crippen molar-refractivity contribution >= 4 is 0 Å². The first-order valence-corrected chi connectivity index (χ1v) is 6.58. The second-order valence-corrected chi connectivity index (χ2v) is 5.04. The molecule has 1 aromatic heterocycles. The van der Waals surface area contributed by atoms with Crippen LogP contribution in [0.4, 0.5) is 0 Å². The number of hydrogen-bond acceptors (Lipinski definition) is 3. The summed E-state index contributed by atoms with van der Waals surface area (Å²) < 4.78 is 7.53. The van der Waals surface area contributed by atoms with Gasteiger partial charge in [-0.15, -0.1) is 0 Å². The molecule has 2 heterocycles. The quantitative estimate of drug-likeness (QED) is 0.868. The third kappa shape index (κ3) is 3.07. The van der Waals surface area contributed by atoms with Crippen LogP contribution >= 0.6 is 0 Å². The Morgan fingerprint density at radius 2 is 2.47 bits per heavy atom. The monoisotopic (exact) mass is 237 g/mol. The summed E-state index contributed by atoms with van der Waals surface area (Å²) in [6.07, 6.45) is 5.08. The average Bonchev–Trinajstić information content (AvgIpc) is 2.80. The van der Waals surface area contributed by atoms with Gasteiger partial charge in [-0.25, -0.2) is 0 Å². The van der Waals surface area contributed by atoms with E-state index in [-0.39, 0.29) is 6.04 Å². The van der Waals surface area contributed by atoms with Crippen molar-refractivity contribution in [3.8, 4) is 0 Å². The van der Waals surface area contributed by atoms with Gasteiger partial charge < -0.3 is 10.5 Å². The van der Waals surface area contributed by atoms with Gasteiger partial charge in [-0.05, 0) is 32.3 Å². The molecule has 1 saturated heterocycles. The van der Waals surface area contributed by atoms with Gasteiger partial charge >= 0.3 is 0 Å². The van der Waals surface area contributed by atoms with E-state index in [4.69, 9.17) is 10.5 Å². The Hall–Kier alpha value is -0.870. The molecule has 3 atom stereocenters. The van der Waals surface area contributed by atoms with Gasteiger partial charge in [0.05, 0.1) is 12.3 Å². The molecule has 2 N–H and O–H groups in total. The zero-order chi connectivity index (χ0) is 12.3. The van der Waals surface area contributed by atoms with Gasteiger partial charge in [0.15, 0.2) is 0 Å². The number of nitrogens with two attached hydrogens (primary N) is 1. The van der Waals surface area contributed by atoms with Gasteiger partial charge in [0.1, 0.15) is 0 Å². The van der Waals surface area contributed by atoms with Gasteiger partial charge in [0.25, 0.3) is 0 Å². The molecular formula is C13H23N3O. The summed E-state index contributed by atoms with van der Waals surface area (Å²) in [6, 6.07) is 2.84. The normalized spacial score (nSPS) is 27.0. The molecule has 4 nitrogen and oxygen atoms in total. The van der Waals surface area contributed by atoms with Crippen molar-refractivity contribution in [2.24, 2.45) is 11.7 Å². The highest BCUT2D eigenvalue weighted by molar-refractivity contribution is 5.02. The fraction of sp³-hybridized carbons (Fsp3) is 0.769. The molecule has 4 heteroatoms. The molecule has 1 aromatic rings. The summed E-state index contributed by atoms with van der Waals surface area (Å²) >= 11 is 0. The van der Waals surface area contributed by atoms with Crippen LogP contribution in [0.1, 0.15) is 38.4 Å². The third-order valence-electron chi connectivity index (χ3n) is 3.71. The summed E-state index contributed by atoms with van der Waals surface area (Å²) in [4.78, 5) is 0. The predicted molar refractivity (Wildman–Crippen MR) is 67.8 cm³/mol. The second-order valence-electron chi connectivity index (χ2n) is 5.04. The van der Waals surface area contributed by atoms with E-state index in [1.54, 1.807) is 0 Å². The summed E-state index contributed by atoms with van der Waals surface area (Å²) in [5, 5.41) is 4.62. The smallest absolute Gasteiger partial charge is 0.0628 e. The Morgan fingerprint density at radius 1 is 1.65 bits per heavy atom. The maximum atomic E-state index is 6.11. The van der Waals surface area contributed by atoms with Crippen LogP contribution in [0, 0.1) is 5.92 Å². The highest BCUT2D eigenvalue weighted by Gasteiger charge is 2.23. The highest BCUT2D eigenvalue weighted by atomic mass is 16.5. The molecule has 0 aliphatic carbocycles. The van der Waals surface area contributed by atoms with Gasteiger partial charge in [-0.2, -0.15) is 5.10 Å². The molecule has 0 amide bonds. The average molecular weight is 237 g/mol.